The van der Waals surface area contributed by atoms with E-state index in [2.05, 4.69) is 5.32 Å². The van der Waals surface area contributed by atoms with Crippen molar-refractivity contribution in [1.29, 1.82) is 5.41 Å². The number of carbonyl (C=O) groups is 3. The predicted molar refractivity (Wildman–Crippen MR) is 125 cm³/mol. The minimum absolute atomic E-state index is 0.000609. The number of fused-ring (bicyclic) bond motifs is 1. The molecule has 4 rings (SSSR count). The maximum Gasteiger partial charge on any atom is 0.471 e. The minimum Gasteiger partial charge on any atom is -0.480 e. The number of halogens is 3. The molecule has 1 fully saturated rings. The molecular formula is C25H25F3N4O5. The van der Waals surface area contributed by atoms with Gasteiger partial charge in [-0.2, -0.15) is 13.2 Å². The quantitative estimate of drug-likeness (QED) is 0.413. The molecule has 37 heavy (non-hydrogen) atoms. The van der Waals surface area contributed by atoms with Crippen LogP contribution in [0.25, 0.3) is 0 Å². The normalized spacial score (nSPS) is 19.3. The van der Waals surface area contributed by atoms with Gasteiger partial charge in [0.05, 0.1) is 19.3 Å². The number of carbonyl (C=O) groups excluding carboxylic acids is 3. The summed E-state index contributed by atoms with van der Waals surface area (Å²) in [6, 6.07) is 12.3. The first-order valence-corrected chi connectivity index (χ1v) is 11.6. The summed E-state index contributed by atoms with van der Waals surface area (Å²) in [5, 5.41) is 11.8. The number of aryl methyl sites for hydroxylation is 1. The maximum atomic E-state index is 13.2. The molecule has 0 bridgehead atoms. The van der Waals surface area contributed by atoms with Crippen LogP contribution in [0.5, 0.6) is 5.75 Å². The van der Waals surface area contributed by atoms with Crippen molar-refractivity contribution in [2.24, 2.45) is 0 Å². The minimum atomic E-state index is -5.11. The molecule has 2 aromatic rings. The molecular weight excluding hydrogens is 493 g/mol. The zero-order chi connectivity index (χ0) is 26.6. The van der Waals surface area contributed by atoms with E-state index in [9.17, 15) is 27.6 Å². The molecule has 2 atom stereocenters. The highest BCUT2D eigenvalue weighted by Gasteiger charge is 2.39. The van der Waals surface area contributed by atoms with Gasteiger partial charge in [-0.3, -0.25) is 19.8 Å². The first-order chi connectivity index (χ1) is 17.6. The lowest BCUT2D eigenvalue weighted by molar-refractivity contribution is -0.171. The molecule has 0 radical (unpaired) electrons. The second kappa shape index (κ2) is 11.0. The molecule has 0 saturated carbocycles. The molecule has 0 aliphatic carbocycles. The molecule has 2 aromatic carbocycles. The number of para-hydroxylation sites is 1. The van der Waals surface area contributed by atoms with Gasteiger partial charge in [-0.1, -0.05) is 30.3 Å². The molecule has 3 N–H and O–H groups in total. The SMILES string of the molecule is N=C(NC(=O)C(F)(F)F)c1ccc(C(=O)NCC2COCCN2C(=O)C2CCc3ccccc3O2)cc1. The summed E-state index contributed by atoms with van der Waals surface area (Å²) in [7, 11) is 0. The van der Waals surface area contributed by atoms with Crippen LogP contribution in [0.1, 0.15) is 27.9 Å². The number of amidine groups is 1. The van der Waals surface area contributed by atoms with E-state index < -0.39 is 36.0 Å². The van der Waals surface area contributed by atoms with E-state index in [1.165, 1.54) is 29.6 Å². The Morgan fingerprint density at radius 3 is 2.49 bits per heavy atom. The molecule has 9 nitrogen and oxygen atoms in total. The largest absolute Gasteiger partial charge is 0.480 e. The standard InChI is InChI=1S/C25H25F3N4O5/c26-25(27,28)24(35)31-21(29)16-5-7-17(8-6-16)22(33)30-13-18-14-36-12-11-32(18)23(34)20-10-9-15-3-1-2-4-19(15)37-20/h1-8,18,20H,9-14H2,(H,30,33)(H2,29,31,35). The van der Waals surface area contributed by atoms with Gasteiger partial charge >= 0.3 is 12.1 Å². The van der Waals surface area contributed by atoms with E-state index in [1.807, 2.05) is 24.3 Å². The van der Waals surface area contributed by atoms with Crippen molar-refractivity contribution in [3.63, 3.8) is 0 Å². The highest BCUT2D eigenvalue weighted by molar-refractivity contribution is 6.08. The highest BCUT2D eigenvalue weighted by atomic mass is 19.4. The first kappa shape index (κ1) is 26.1. The van der Waals surface area contributed by atoms with Crippen LogP contribution in [-0.4, -0.2) is 73.1 Å². The topological polar surface area (TPSA) is 121 Å². The molecule has 0 aromatic heterocycles. The van der Waals surface area contributed by atoms with Crippen molar-refractivity contribution in [3.05, 3.63) is 65.2 Å². The molecule has 196 valence electrons. The van der Waals surface area contributed by atoms with Gasteiger partial charge < -0.3 is 25.0 Å². The molecule has 2 heterocycles. The van der Waals surface area contributed by atoms with Gasteiger partial charge in [0.25, 0.3) is 11.8 Å². The third-order valence-electron chi connectivity index (χ3n) is 6.13. The smallest absolute Gasteiger partial charge is 0.471 e. The Morgan fingerprint density at radius 1 is 1.05 bits per heavy atom. The van der Waals surface area contributed by atoms with Gasteiger partial charge in [-0.05, 0) is 36.6 Å². The van der Waals surface area contributed by atoms with E-state index in [-0.39, 0.29) is 30.2 Å². The summed E-state index contributed by atoms with van der Waals surface area (Å²) in [5.74, 6) is -2.94. The third-order valence-corrected chi connectivity index (χ3v) is 6.13. The number of nitrogens with one attached hydrogen (secondary N) is 3. The van der Waals surface area contributed by atoms with Crippen molar-refractivity contribution < 1.29 is 37.0 Å². The van der Waals surface area contributed by atoms with E-state index in [1.54, 1.807) is 4.90 Å². The Bertz CT molecular complexity index is 1190. The van der Waals surface area contributed by atoms with Crippen LogP contribution in [0.3, 0.4) is 0 Å². The molecule has 12 heteroatoms. The summed E-state index contributed by atoms with van der Waals surface area (Å²) in [5.41, 5.74) is 1.25. The fourth-order valence-electron chi connectivity index (χ4n) is 4.15. The average molecular weight is 518 g/mol. The van der Waals surface area contributed by atoms with Gasteiger partial charge in [-0.15, -0.1) is 0 Å². The highest BCUT2D eigenvalue weighted by Crippen LogP contribution is 2.28. The molecule has 2 aliphatic rings. The van der Waals surface area contributed by atoms with E-state index in [4.69, 9.17) is 14.9 Å². The van der Waals surface area contributed by atoms with Crippen molar-refractivity contribution in [1.82, 2.24) is 15.5 Å². The number of amides is 3. The summed E-state index contributed by atoms with van der Waals surface area (Å²) >= 11 is 0. The summed E-state index contributed by atoms with van der Waals surface area (Å²) < 4.78 is 48.6. The summed E-state index contributed by atoms with van der Waals surface area (Å²) in [6.45, 7) is 1.09. The number of alkyl halides is 3. The Balaban J connectivity index is 1.33. The summed E-state index contributed by atoms with van der Waals surface area (Å²) in [4.78, 5) is 38.5. The van der Waals surface area contributed by atoms with E-state index in [0.29, 0.717) is 25.3 Å². The Morgan fingerprint density at radius 2 is 1.76 bits per heavy atom. The maximum absolute atomic E-state index is 13.2. The molecule has 2 aliphatic heterocycles. The van der Waals surface area contributed by atoms with Crippen LogP contribution >= 0.6 is 0 Å². The first-order valence-electron chi connectivity index (χ1n) is 11.6. The number of hydrogen-bond donors (Lipinski definition) is 3. The second-order valence-electron chi connectivity index (χ2n) is 8.63. The molecule has 1 saturated heterocycles. The lowest BCUT2D eigenvalue weighted by atomic mass is 10.0. The third kappa shape index (κ3) is 6.26. The number of nitrogens with zero attached hydrogens (tertiary/aromatic N) is 1. The average Bonchev–Trinajstić information content (AvgIpc) is 2.90. The Hall–Kier alpha value is -3.93. The zero-order valence-corrected chi connectivity index (χ0v) is 19.6. The lowest BCUT2D eigenvalue weighted by Crippen LogP contribution is -2.57. The van der Waals surface area contributed by atoms with Crippen LogP contribution in [0.15, 0.2) is 48.5 Å². The van der Waals surface area contributed by atoms with Crippen molar-refractivity contribution in [3.8, 4) is 5.75 Å². The van der Waals surface area contributed by atoms with Gasteiger partial charge in [0.1, 0.15) is 11.6 Å². The van der Waals surface area contributed by atoms with Crippen LogP contribution in [0.2, 0.25) is 0 Å². The van der Waals surface area contributed by atoms with E-state index >= 15 is 0 Å². The number of hydrogen-bond acceptors (Lipinski definition) is 6. The number of morpholine rings is 1. The van der Waals surface area contributed by atoms with Crippen LogP contribution in [0, 0.1) is 5.41 Å². The number of benzene rings is 2. The molecule has 0 spiro atoms. The van der Waals surface area contributed by atoms with E-state index in [0.717, 1.165) is 12.0 Å². The predicted octanol–water partition coefficient (Wildman–Crippen LogP) is 2.04. The van der Waals surface area contributed by atoms with Crippen LogP contribution in [0.4, 0.5) is 13.2 Å². The Labute approximate surface area is 210 Å². The Kier molecular flexibility index (Phi) is 7.77. The monoisotopic (exact) mass is 518 g/mol. The molecule has 2 unspecified atom stereocenters. The van der Waals surface area contributed by atoms with Crippen molar-refractivity contribution >= 4 is 23.6 Å². The van der Waals surface area contributed by atoms with Gasteiger partial charge in [0, 0.05) is 24.2 Å². The lowest BCUT2D eigenvalue weighted by Gasteiger charge is -2.38. The van der Waals surface area contributed by atoms with Gasteiger partial charge in [0.15, 0.2) is 6.10 Å². The summed E-state index contributed by atoms with van der Waals surface area (Å²) in [6.07, 6.45) is -4.45. The van der Waals surface area contributed by atoms with Gasteiger partial charge in [-0.25, -0.2) is 0 Å². The van der Waals surface area contributed by atoms with Crippen molar-refractivity contribution in [2.45, 2.75) is 31.2 Å². The van der Waals surface area contributed by atoms with Crippen LogP contribution in [-0.2, 0) is 20.7 Å². The second-order valence-corrected chi connectivity index (χ2v) is 8.63. The zero-order valence-electron chi connectivity index (χ0n) is 19.6. The fraction of sp³-hybridized carbons (Fsp3) is 0.360. The number of ether oxygens (including phenoxy) is 2. The fourth-order valence-corrected chi connectivity index (χ4v) is 4.15. The van der Waals surface area contributed by atoms with Crippen molar-refractivity contribution in [2.75, 3.05) is 26.3 Å². The van der Waals surface area contributed by atoms with Gasteiger partial charge in [0.2, 0.25) is 0 Å². The van der Waals surface area contributed by atoms with Crippen LogP contribution < -0.4 is 15.4 Å². The molecule has 3 amide bonds. The number of rotatable bonds is 5.